The molecule has 0 spiro atoms. The van der Waals surface area contributed by atoms with E-state index in [-0.39, 0.29) is 106 Å². The third-order valence-corrected chi connectivity index (χ3v) is 27.3. The van der Waals surface area contributed by atoms with Crippen LogP contribution in [-0.2, 0) is 57.2 Å². The highest BCUT2D eigenvalue weighted by molar-refractivity contribution is 5.94. The van der Waals surface area contributed by atoms with Gasteiger partial charge >= 0.3 is 29.8 Å². The zero-order valence-electron chi connectivity index (χ0n) is 74.9. The third-order valence-electron chi connectivity index (χ3n) is 27.3. The van der Waals surface area contributed by atoms with Gasteiger partial charge in [-0.05, 0) is 216 Å². The molecule has 0 aromatic rings. The Hall–Kier alpha value is -3.51. The van der Waals surface area contributed by atoms with E-state index in [2.05, 4.69) is 178 Å². The van der Waals surface area contributed by atoms with E-state index in [1.165, 1.54) is 58.3 Å². The summed E-state index contributed by atoms with van der Waals surface area (Å²) in [4.78, 5) is 100. The van der Waals surface area contributed by atoms with Gasteiger partial charge in [0.25, 0.3) is 0 Å². The SMILES string of the molecule is CCCCCCCCCCCCOC(=O)C(C)(CC(C)(C)CC(C)(C)CC(C(=O)OC1CC2CCC1(C)C2)C(C)(C)CCCC(C)(C)C(CC(C)(C)C)N1CCCCCC1=O)C(C)(C)CCC(C)(C)CC(C)(C(=O)OCC(C)C)C(C)(C)CCC(C)(C)CC(C)(C(=O)OCCOC(=O)CC(C)=O)C(C)(C)C. The molecule has 13 heteroatoms. The summed E-state index contributed by atoms with van der Waals surface area (Å²) in [5.41, 5.74) is -6.39. The van der Waals surface area contributed by atoms with Crippen molar-refractivity contribution < 1.29 is 57.2 Å². The van der Waals surface area contributed by atoms with Gasteiger partial charge in [0.05, 0.1) is 35.4 Å². The van der Waals surface area contributed by atoms with Crippen LogP contribution in [-0.4, -0.2) is 91.6 Å². The first-order chi connectivity index (χ1) is 48.3. The van der Waals surface area contributed by atoms with Gasteiger partial charge < -0.3 is 28.6 Å². The molecule has 0 aromatic carbocycles. The molecule has 618 valence electrons. The van der Waals surface area contributed by atoms with Gasteiger partial charge in [-0.1, -0.05) is 251 Å². The minimum atomic E-state index is -0.935. The van der Waals surface area contributed by atoms with Crippen LogP contribution in [0.25, 0.3) is 0 Å². The Labute approximate surface area is 652 Å². The van der Waals surface area contributed by atoms with Crippen LogP contribution in [0.2, 0.25) is 0 Å². The van der Waals surface area contributed by atoms with Gasteiger partial charge in [0.15, 0.2) is 0 Å². The average Bonchev–Trinajstić information content (AvgIpc) is 1.23. The molecule has 8 unspecified atom stereocenters. The van der Waals surface area contributed by atoms with Crippen molar-refractivity contribution in [2.45, 2.75) is 425 Å². The van der Waals surface area contributed by atoms with E-state index in [0.29, 0.717) is 76.4 Å². The molecule has 1 saturated heterocycles. The third kappa shape index (κ3) is 29.5. The van der Waals surface area contributed by atoms with Crippen LogP contribution in [0.1, 0.15) is 413 Å². The number of amides is 1. The molecule has 0 aromatic heterocycles. The number of carbonyl (C=O) groups excluding carboxylic acids is 7. The van der Waals surface area contributed by atoms with Crippen molar-refractivity contribution in [3.63, 3.8) is 0 Å². The van der Waals surface area contributed by atoms with Crippen LogP contribution in [0.3, 0.4) is 0 Å². The Morgan fingerprint density at radius 1 is 0.509 bits per heavy atom. The summed E-state index contributed by atoms with van der Waals surface area (Å²) in [6.45, 7) is 67.2. The van der Waals surface area contributed by atoms with Crippen LogP contribution < -0.4 is 0 Å². The number of hydrogen-bond acceptors (Lipinski definition) is 12. The summed E-state index contributed by atoms with van der Waals surface area (Å²) in [7, 11) is 0. The Balaban J connectivity index is 2.04. The van der Waals surface area contributed by atoms with E-state index in [1.54, 1.807) is 0 Å². The number of esters is 5. The van der Waals surface area contributed by atoms with E-state index in [9.17, 15) is 19.2 Å². The lowest BCUT2D eigenvalue weighted by Crippen LogP contribution is -2.50. The standard InChI is InChI=1S/C93H169NO12/c1-31-32-33-34-35-36-37-38-39-43-55-103-78(100)93(30,89(25,26)53-51-83(13,14)66-92(29,79(101)105-63-68(2)3)88(23,24)52-50-82(11,12)65-91(28,81(8,9)10)77(99)104-57-56-102-75(97)58-69(4)95)67-85(17,18)64-84(15,16)61-71(76(98)106-73-59-70-46-49-90(73,27)60-70)86(19,20)47-44-48-87(21,22)72(62-80(5,6)7)94-54-42-40-41-45-74(94)96/h68,70-73H,31-67H2,1-30H3. The molecule has 0 radical (unpaired) electrons. The number of ketones is 1. The van der Waals surface area contributed by atoms with Gasteiger partial charge in [0.1, 0.15) is 31.5 Å². The summed E-state index contributed by atoms with van der Waals surface area (Å²) in [6, 6.07) is 0.127. The number of rotatable bonds is 49. The molecule has 13 nitrogen and oxygen atoms in total. The normalized spacial score (nSPS) is 20.6. The number of ether oxygens (including phenoxy) is 5. The summed E-state index contributed by atoms with van der Waals surface area (Å²) >= 11 is 0. The summed E-state index contributed by atoms with van der Waals surface area (Å²) < 4.78 is 30.8. The van der Waals surface area contributed by atoms with E-state index >= 15 is 14.4 Å². The smallest absolute Gasteiger partial charge is 0.313 e. The molecule has 8 atom stereocenters. The largest absolute Gasteiger partial charge is 0.465 e. The van der Waals surface area contributed by atoms with Crippen LogP contribution in [0.5, 0.6) is 0 Å². The molecule has 0 N–H and O–H groups in total. The molecular formula is C93H169NO12. The number of unbranched alkanes of at least 4 members (excludes halogenated alkanes) is 9. The molecule has 3 rings (SSSR count). The highest BCUT2D eigenvalue weighted by Crippen LogP contribution is 2.60. The molecule has 3 fully saturated rings. The highest BCUT2D eigenvalue weighted by atomic mass is 16.6. The molecule has 2 bridgehead atoms. The van der Waals surface area contributed by atoms with Gasteiger partial charge in [-0.25, -0.2) is 0 Å². The van der Waals surface area contributed by atoms with E-state index < -0.39 is 49.3 Å². The first-order valence-electron chi connectivity index (χ1n) is 42.9. The zero-order chi connectivity index (χ0) is 81.2. The first-order valence-corrected chi connectivity index (χ1v) is 42.9. The second-order valence-corrected chi connectivity index (χ2v) is 44.6. The topological polar surface area (TPSA) is 169 Å². The maximum atomic E-state index is 15.6. The van der Waals surface area contributed by atoms with Gasteiger partial charge in [-0.2, -0.15) is 0 Å². The molecule has 2 saturated carbocycles. The predicted octanol–water partition coefficient (Wildman–Crippen LogP) is 24.6. The lowest BCUT2D eigenvalue weighted by molar-refractivity contribution is -0.170. The van der Waals surface area contributed by atoms with E-state index in [1.807, 2.05) is 27.7 Å². The minimum absolute atomic E-state index is 0.0203. The molecular weight excluding hydrogens is 1320 g/mol. The maximum Gasteiger partial charge on any atom is 0.313 e. The predicted molar refractivity (Wildman–Crippen MR) is 437 cm³/mol. The number of carbonyl (C=O) groups is 7. The minimum Gasteiger partial charge on any atom is -0.465 e. The van der Waals surface area contributed by atoms with Crippen molar-refractivity contribution in [3.05, 3.63) is 0 Å². The Morgan fingerprint density at radius 3 is 1.48 bits per heavy atom. The summed E-state index contributed by atoms with van der Waals surface area (Å²) in [6.07, 6.45) is 29.1. The lowest BCUT2D eigenvalue weighted by atomic mass is 9.53. The maximum absolute atomic E-state index is 15.6. The molecule has 1 aliphatic heterocycles. The Kier molecular flexibility index (Phi) is 35.8. The number of Topliss-reactive ketones (excluding diaryl/α,β-unsaturated/α-hetero) is 1. The fourth-order valence-electron chi connectivity index (χ4n) is 19.4. The zero-order valence-corrected chi connectivity index (χ0v) is 74.9. The quantitative estimate of drug-likeness (QED) is 0.0245. The average molecular weight is 1490 g/mol. The van der Waals surface area contributed by atoms with Gasteiger partial charge in [0, 0.05) is 24.4 Å². The summed E-state index contributed by atoms with van der Waals surface area (Å²) in [5.74, 6) is -1.04. The fourth-order valence-corrected chi connectivity index (χ4v) is 19.4. The van der Waals surface area contributed by atoms with Gasteiger partial charge in [-0.3, -0.25) is 33.6 Å². The second-order valence-electron chi connectivity index (χ2n) is 44.6. The van der Waals surface area contributed by atoms with Crippen LogP contribution >= 0.6 is 0 Å². The van der Waals surface area contributed by atoms with Crippen LogP contribution in [0.15, 0.2) is 0 Å². The first kappa shape index (κ1) is 96.7. The van der Waals surface area contributed by atoms with Crippen molar-refractivity contribution in [1.82, 2.24) is 4.90 Å². The van der Waals surface area contributed by atoms with Gasteiger partial charge in [-0.15, -0.1) is 0 Å². The van der Waals surface area contributed by atoms with Crippen LogP contribution in [0, 0.1) is 93.6 Å². The van der Waals surface area contributed by atoms with Crippen molar-refractivity contribution >= 4 is 41.5 Å². The molecule has 2 aliphatic carbocycles. The number of hydrogen-bond donors (Lipinski definition) is 0. The number of fused-ring (bicyclic) bond motifs is 2. The van der Waals surface area contributed by atoms with Gasteiger partial charge in [0.2, 0.25) is 5.91 Å². The Morgan fingerprint density at radius 2 is 0.991 bits per heavy atom. The molecule has 3 aliphatic rings. The Bertz CT molecular complexity index is 2790. The molecule has 1 heterocycles. The molecule has 1 amide bonds. The van der Waals surface area contributed by atoms with Crippen molar-refractivity contribution in [2.24, 2.45) is 93.6 Å². The van der Waals surface area contributed by atoms with E-state index in [0.717, 1.165) is 103 Å². The van der Waals surface area contributed by atoms with Crippen molar-refractivity contribution in [2.75, 3.05) is 33.0 Å². The van der Waals surface area contributed by atoms with Crippen LogP contribution in [0.4, 0.5) is 0 Å². The summed E-state index contributed by atoms with van der Waals surface area (Å²) in [5, 5.41) is 0. The fraction of sp³-hybridized carbons (Fsp3) is 0.925. The second kappa shape index (κ2) is 39.3. The highest BCUT2D eigenvalue weighted by Gasteiger charge is 2.57. The van der Waals surface area contributed by atoms with Crippen molar-refractivity contribution in [3.8, 4) is 0 Å². The number of nitrogens with zero attached hydrogens (tertiary/aromatic N) is 1. The lowest BCUT2D eigenvalue weighted by Gasteiger charge is -2.50. The van der Waals surface area contributed by atoms with Crippen molar-refractivity contribution in [1.29, 1.82) is 0 Å². The number of likely N-dealkylation sites (tertiary alicyclic amines) is 1. The monoisotopic (exact) mass is 1490 g/mol. The van der Waals surface area contributed by atoms with E-state index in [4.69, 9.17) is 23.7 Å². The molecule has 106 heavy (non-hydrogen) atoms.